The summed E-state index contributed by atoms with van der Waals surface area (Å²) in [6.07, 6.45) is -3.95. The van der Waals surface area contributed by atoms with E-state index in [4.69, 9.17) is 0 Å². The Balaban J connectivity index is 2.25. The van der Waals surface area contributed by atoms with Crippen LogP contribution in [0.15, 0.2) is 18.2 Å². The Morgan fingerprint density at radius 1 is 1.29 bits per heavy atom. The number of hydrogen-bond acceptors (Lipinski definition) is 1. The highest BCUT2D eigenvalue weighted by Gasteiger charge is 2.32. The summed E-state index contributed by atoms with van der Waals surface area (Å²) in [5.74, 6) is -0.0326. The van der Waals surface area contributed by atoms with Crippen molar-refractivity contribution in [2.75, 3.05) is 0 Å². The maximum absolute atomic E-state index is 12.5. The second-order valence-corrected chi connectivity index (χ2v) is 4.08. The van der Waals surface area contributed by atoms with Gasteiger partial charge in [-0.15, -0.1) is 0 Å². The molecule has 0 saturated carbocycles. The van der Waals surface area contributed by atoms with Gasteiger partial charge in [0.1, 0.15) is 0 Å². The first kappa shape index (κ1) is 12.0. The van der Waals surface area contributed by atoms with E-state index in [1.54, 1.807) is 11.8 Å². The summed E-state index contributed by atoms with van der Waals surface area (Å²) in [5.41, 5.74) is 0.753. The highest BCUT2D eigenvalue weighted by molar-refractivity contribution is 5.76. The van der Waals surface area contributed by atoms with Crippen LogP contribution in [0.2, 0.25) is 0 Å². The molecule has 2 nitrogen and oxygen atoms in total. The van der Waals surface area contributed by atoms with Gasteiger partial charge in [0.15, 0.2) is 0 Å². The zero-order chi connectivity index (χ0) is 12.6. The van der Waals surface area contributed by atoms with Crippen molar-refractivity contribution in [1.29, 1.82) is 0 Å². The minimum Gasteiger partial charge on any atom is -0.334 e. The van der Waals surface area contributed by atoms with Crippen molar-refractivity contribution in [1.82, 2.24) is 4.90 Å². The Bertz CT molecular complexity index is 454. The van der Waals surface area contributed by atoms with Gasteiger partial charge >= 0.3 is 6.18 Å². The van der Waals surface area contributed by atoms with Crippen LogP contribution in [-0.2, 0) is 24.1 Å². The molecule has 0 atom stereocenters. The number of benzene rings is 1. The van der Waals surface area contributed by atoms with Gasteiger partial charge in [-0.05, 0) is 23.3 Å². The number of rotatable bonds is 1. The van der Waals surface area contributed by atoms with Crippen LogP contribution in [0.3, 0.4) is 0 Å². The largest absolute Gasteiger partial charge is 0.416 e. The molecular weight excluding hydrogens is 231 g/mol. The van der Waals surface area contributed by atoms with Crippen LogP contribution in [0.25, 0.3) is 0 Å². The molecule has 0 bridgehead atoms. The fourth-order valence-corrected chi connectivity index (χ4v) is 1.97. The monoisotopic (exact) mass is 243 g/mol. The van der Waals surface area contributed by atoms with Gasteiger partial charge in [-0.1, -0.05) is 13.0 Å². The maximum atomic E-state index is 12.5. The first-order valence-electron chi connectivity index (χ1n) is 5.38. The fraction of sp³-hybridized carbons (Fsp3) is 0.417. The van der Waals surface area contributed by atoms with Gasteiger partial charge in [-0.25, -0.2) is 0 Å². The smallest absolute Gasteiger partial charge is 0.334 e. The molecule has 1 heterocycles. The molecule has 0 radical (unpaired) electrons. The summed E-state index contributed by atoms with van der Waals surface area (Å²) in [4.78, 5) is 13.0. The summed E-state index contributed by atoms with van der Waals surface area (Å²) >= 11 is 0. The number of carbonyl (C=O) groups excluding carboxylic acids is 1. The molecule has 0 saturated heterocycles. The van der Waals surface area contributed by atoms with Crippen LogP contribution in [0.4, 0.5) is 13.2 Å². The highest BCUT2D eigenvalue weighted by Crippen LogP contribution is 2.33. The SMILES string of the molecule is CCC(=O)N1Cc2ccc(C(F)(F)F)cc2C1. The highest BCUT2D eigenvalue weighted by atomic mass is 19.4. The number of halogens is 3. The van der Waals surface area contributed by atoms with E-state index in [0.717, 1.165) is 17.7 Å². The molecule has 0 aliphatic carbocycles. The van der Waals surface area contributed by atoms with Crippen molar-refractivity contribution < 1.29 is 18.0 Å². The number of hydrogen-bond donors (Lipinski definition) is 0. The van der Waals surface area contributed by atoms with Crippen LogP contribution >= 0.6 is 0 Å². The minimum atomic E-state index is -4.32. The number of alkyl halides is 3. The first-order valence-corrected chi connectivity index (χ1v) is 5.38. The molecule has 1 amide bonds. The topological polar surface area (TPSA) is 20.3 Å². The van der Waals surface area contributed by atoms with Crippen molar-refractivity contribution in [3.05, 3.63) is 34.9 Å². The summed E-state index contributed by atoms with van der Waals surface area (Å²) in [7, 11) is 0. The van der Waals surface area contributed by atoms with Gasteiger partial charge in [-0.2, -0.15) is 13.2 Å². The number of fused-ring (bicyclic) bond motifs is 1. The standard InChI is InChI=1S/C12H12F3NO/c1-2-11(17)16-6-8-3-4-10(12(13,14)15)5-9(8)7-16/h3-5H,2,6-7H2,1H3. The lowest BCUT2D eigenvalue weighted by molar-refractivity contribution is -0.137. The van der Waals surface area contributed by atoms with Gasteiger partial charge in [0.05, 0.1) is 5.56 Å². The van der Waals surface area contributed by atoms with Gasteiger partial charge < -0.3 is 4.90 Å². The van der Waals surface area contributed by atoms with E-state index >= 15 is 0 Å². The molecule has 0 spiro atoms. The quantitative estimate of drug-likeness (QED) is 0.742. The van der Waals surface area contributed by atoms with E-state index in [2.05, 4.69) is 0 Å². The molecule has 1 aliphatic heterocycles. The van der Waals surface area contributed by atoms with Crippen molar-refractivity contribution in [3.8, 4) is 0 Å². The molecule has 0 fully saturated rings. The Kier molecular flexibility index (Phi) is 2.85. The van der Waals surface area contributed by atoms with Crippen molar-refractivity contribution in [2.45, 2.75) is 32.6 Å². The van der Waals surface area contributed by atoms with Gasteiger partial charge in [0.25, 0.3) is 0 Å². The first-order chi connectivity index (χ1) is 7.91. The molecule has 5 heteroatoms. The second-order valence-electron chi connectivity index (χ2n) is 4.08. The summed E-state index contributed by atoms with van der Waals surface area (Å²) in [6, 6.07) is 3.66. The van der Waals surface area contributed by atoms with Crippen LogP contribution < -0.4 is 0 Å². The van der Waals surface area contributed by atoms with Crippen LogP contribution in [0, 0.1) is 0 Å². The van der Waals surface area contributed by atoms with Crippen molar-refractivity contribution in [2.24, 2.45) is 0 Å². The average Bonchev–Trinajstić information content (AvgIpc) is 2.69. The Morgan fingerprint density at radius 3 is 2.53 bits per heavy atom. The number of carbonyl (C=O) groups is 1. The lowest BCUT2D eigenvalue weighted by Gasteiger charge is -2.13. The third-order valence-electron chi connectivity index (χ3n) is 2.91. The predicted octanol–water partition coefficient (Wildman–Crippen LogP) is 2.96. The third-order valence-corrected chi connectivity index (χ3v) is 2.91. The molecule has 1 aromatic rings. The van der Waals surface area contributed by atoms with E-state index < -0.39 is 11.7 Å². The maximum Gasteiger partial charge on any atom is 0.416 e. The molecule has 92 valence electrons. The van der Waals surface area contributed by atoms with Crippen LogP contribution in [0.1, 0.15) is 30.0 Å². The molecule has 0 N–H and O–H groups in total. The van der Waals surface area contributed by atoms with Crippen LogP contribution in [0.5, 0.6) is 0 Å². The molecule has 1 aromatic carbocycles. The van der Waals surface area contributed by atoms with E-state index in [0.29, 0.717) is 18.5 Å². The Morgan fingerprint density at radius 2 is 1.94 bits per heavy atom. The fourth-order valence-electron chi connectivity index (χ4n) is 1.97. The molecule has 2 rings (SSSR count). The minimum absolute atomic E-state index is 0.0326. The second kappa shape index (κ2) is 4.05. The van der Waals surface area contributed by atoms with Crippen molar-refractivity contribution in [3.63, 3.8) is 0 Å². The molecule has 1 aliphatic rings. The molecule has 0 unspecified atom stereocenters. The number of nitrogens with zero attached hydrogens (tertiary/aromatic N) is 1. The summed E-state index contributed by atoms with van der Waals surface area (Å²) < 4.78 is 37.5. The van der Waals surface area contributed by atoms with Gasteiger partial charge in [0.2, 0.25) is 5.91 Å². The van der Waals surface area contributed by atoms with E-state index in [-0.39, 0.29) is 12.5 Å². The summed E-state index contributed by atoms with van der Waals surface area (Å²) in [6.45, 7) is 2.44. The molecular formula is C12H12F3NO. The zero-order valence-corrected chi connectivity index (χ0v) is 9.34. The Labute approximate surface area is 97.0 Å². The third kappa shape index (κ3) is 2.28. The number of amides is 1. The van der Waals surface area contributed by atoms with Crippen molar-refractivity contribution >= 4 is 5.91 Å². The van der Waals surface area contributed by atoms with E-state index in [9.17, 15) is 18.0 Å². The van der Waals surface area contributed by atoms with E-state index in [1.165, 1.54) is 6.07 Å². The van der Waals surface area contributed by atoms with Crippen LogP contribution in [-0.4, -0.2) is 10.8 Å². The lowest BCUT2D eigenvalue weighted by Crippen LogP contribution is -2.23. The Hall–Kier alpha value is -1.52. The lowest BCUT2D eigenvalue weighted by atomic mass is 10.1. The average molecular weight is 243 g/mol. The molecule has 17 heavy (non-hydrogen) atoms. The van der Waals surface area contributed by atoms with Gasteiger partial charge in [-0.3, -0.25) is 4.79 Å². The van der Waals surface area contributed by atoms with E-state index in [1.807, 2.05) is 0 Å². The zero-order valence-electron chi connectivity index (χ0n) is 9.34. The summed E-state index contributed by atoms with van der Waals surface area (Å²) in [5, 5.41) is 0. The normalized spacial score (nSPS) is 14.9. The predicted molar refractivity (Wildman–Crippen MR) is 56.0 cm³/mol. The van der Waals surface area contributed by atoms with Gasteiger partial charge in [0, 0.05) is 19.5 Å². The molecule has 0 aromatic heterocycles.